The predicted molar refractivity (Wildman–Crippen MR) is 84.9 cm³/mol. The smallest absolute Gasteiger partial charge is 0.240 e. The van der Waals surface area contributed by atoms with E-state index in [0.29, 0.717) is 6.67 Å². The first-order valence-corrected chi connectivity index (χ1v) is 7.57. The molecule has 0 bridgehead atoms. The molecule has 1 atom stereocenters. The maximum Gasteiger partial charge on any atom is 0.240 e. The molecule has 1 amide bonds. The third-order valence-corrected chi connectivity index (χ3v) is 5.27. The summed E-state index contributed by atoms with van der Waals surface area (Å²) in [7, 11) is 1.83. The molecule has 1 aromatic carbocycles. The van der Waals surface area contributed by atoms with Gasteiger partial charge in [0.05, 0.1) is 12.7 Å². The summed E-state index contributed by atoms with van der Waals surface area (Å²) in [6, 6.07) is 4.28. The van der Waals surface area contributed by atoms with E-state index in [2.05, 4.69) is 69.6 Å². The lowest BCUT2D eigenvalue weighted by Crippen LogP contribution is -2.31. The minimum absolute atomic E-state index is 0.0608. The summed E-state index contributed by atoms with van der Waals surface area (Å²) in [6.45, 7) is 2.78. The van der Waals surface area contributed by atoms with Gasteiger partial charge in [0.1, 0.15) is 0 Å². The van der Waals surface area contributed by atoms with E-state index in [9.17, 15) is 4.79 Å². The maximum absolute atomic E-state index is 11.8. The van der Waals surface area contributed by atoms with Crippen molar-refractivity contribution in [2.75, 3.05) is 13.7 Å². The first-order valence-electron chi connectivity index (χ1n) is 5.42. The summed E-state index contributed by atoms with van der Waals surface area (Å²) < 4.78 is 2.53. The zero-order valence-corrected chi connectivity index (χ0v) is 14.1. The predicted octanol–water partition coefficient (Wildman–Crippen LogP) is 2.13. The van der Waals surface area contributed by atoms with Crippen LogP contribution in [0.4, 0.5) is 0 Å². The molecule has 2 rings (SSSR count). The minimum Gasteiger partial charge on any atom is -0.332 e. The van der Waals surface area contributed by atoms with Gasteiger partial charge in [-0.1, -0.05) is 0 Å². The number of likely N-dealkylation sites (N-methyl/N-ethyl adjacent to an activating group) is 1. The lowest BCUT2D eigenvalue weighted by molar-refractivity contribution is -0.127. The molecule has 0 spiro atoms. The second-order valence-electron chi connectivity index (χ2n) is 4.34. The SMILES string of the molecule is Cc1c(I)cc(C[C@@H]2NCN(C)C2=O)cc1I. The molecule has 92 valence electrons. The van der Waals surface area contributed by atoms with Gasteiger partial charge in [0.25, 0.3) is 0 Å². The van der Waals surface area contributed by atoms with Crippen LogP contribution in [0.25, 0.3) is 0 Å². The number of rotatable bonds is 2. The minimum atomic E-state index is -0.0608. The molecule has 5 heteroatoms. The van der Waals surface area contributed by atoms with Crippen molar-refractivity contribution >= 4 is 51.1 Å². The van der Waals surface area contributed by atoms with E-state index < -0.39 is 0 Å². The Morgan fingerprint density at radius 2 is 2.00 bits per heavy atom. The van der Waals surface area contributed by atoms with Gasteiger partial charge >= 0.3 is 0 Å². The number of nitrogens with one attached hydrogen (secondary N) is 1. The van der Waals surface area contributed by atoms with Crippen molar-refractivity contribution in [2.45, 2.75) is 19.4 Å². The number of hydrogen-bond donors (Lipinski definition) is 1. The Labute approximate surface area is 129 Å². The third-order valence-electron chi connectivity index (χ3n) is 3.03. The summed E-state index contributed by atoms with van der Waals surface area (Å²) in [6.07, 6.45) is 0.773. The third kappa shape index (κ3) is 2.93. The topological polar surface area (TPSA) is 32.3 Å². The molecule has 1 fully saturated rings. The molecular weight excluding hydrogens is 442 g/mol. The monoisotopic (exact) mass is 456 g/mol. The first-order chi connectivity index (χ1) is 7.99. The van der Waals surface area contributed by atoms with E-state index in [0.717, 1.165) is 6.42 Å². The lowest BCUT2D eigenvalue weighted by Gasteiger charge is -2.11. The van der Waals surface area contributed by atoms with Gasteiger partial charge in [-0.3, -0.25) is 10.1 Å². The van der Waals surface area contributed by atoms with Crippen LogP contribution in [0, 0.1) is 14.1 Å². The van der Waals surface area contributed by atoms with Crippen molar-refractivity contribution in [3.63, 3.8) is 0 Å². The molecule has 0 saturated carbocycles. The molecule has 1 aliphatic heterocycles. The van der Waals surface area contributed by atoms with Crippen LogP contribution in [0.2, 0.25) is 0 Å². The van der Waals surface area contributed by atoms with Gasteiger partial charge in [0.2, 0.25) is 5.91 Å². The number of carbonyl (C=O) groups is 1. The average Bonchev–Trinajstić information content (AvgIpc) is 2.58. The fourth-order valence-electron chi connectivity index (χ4n) is 1.89. The maximum atomic E-state index is 11.8. The Bertz CT molecular complexity index is 439. The molecule has 1 saturated heterocycles. The zero-order valence-electron chi connectivity index (χ0n) is 9.76. The van der Waals surface area contributed by atoms with Crippen LogP contribution in [-0.2, 0) is 11.2 Å². The molecule has 0 radical (unpaired) electrons. The Morgan fingerprint density at radius 3 is 2.47 bits per heavy atom. The second-order valence-corrected chi connectivity index (χ2v) is 6.66. The molecule has 0 aliphatic carbocycles. The van der Waals surface area contributed by atoms with Gasteiger partial charge in [-0.15, -0.1) is 0 Å². The van der Waals surface area contributed by atoms with Crippen molar-refractivity contribution in [2.24, 2.45) is 0 Å². The Balaban J connectivity index is 2.17. The molecule has 17 heavy (non-hydrogen) atoms. The fourth-order valence-corrected chi connectivity index (χ4v) is 3.79. The number of halogens is 2. The highest BCUT2D eigenvalue weighted by Crippen LogP contribution is 2.22. The van der Waals surface area contributed by atoms with Crippen LogP contribution in [0.1, 0.15) is 11.1 Å². The normalized spacial score (nSPS) is 20.1. The van der Waals surface area contributed by atoms with E-state index in [4.69, 9.17) is 0 Å². The largest absolute Gasteiger partial charge is 0.332 e. The highest BCUT2D eigenvalue weighted by atomic mass is 127. The Kier molecular flexibility index (Phi) is 4.30. The van der Waals surface area contributed by atoms with Gasteiger partial charge < -0.3 is 4.90 Å². The number of hydrogen-bond acceptors (Lipinski definition) is 2. The standard InChI is InChI=1S/C12H14I2N2O/c1-7-9(13)3-8(4-10(7)14)5-11-12(17)16(2)6-15-11/h3-4,11,15H,5-6H2,1-2H3/t11-/m0/s1. The van der Waals surface area contributed by atoms with E-state index in [-0.39, 0.29) is 11.9 Å². The van der Waals surface area contributed by atoms with Crippen LogP contribution in [0.3, 0.4) is 0 Å². The average molecular weight is 456 g/mol. The Hall–Kier alpha value is 0.110. The molecule has 0 unspecified atom stereocenters. The highest BCUT2D eigenvalue weighted by Gasteiger charge is 2.28. The highest BCUT2D eigenvalue weighted by molar-refractivity contribution is 14.1. The molecule has 3 nitrogen and oxygen atoms in total. The number of nitrogens with zero attached hydrogens (tertiary/aromatic N) is 1. The number of benzene rings is 1. The fraction of sp³-hybridized carbons (Fsp3) is 0.417. The first kappa shape index (κ1) is 13.5. The zero-order chi connectivity index (χ0) is 12.6. The summed E-state index contributed by atoms with van der Waals surface area (Å²) >= 11 is 4.70. The number of amides is 1. The van der Waals surface area contributed by atoms with E-state index in [1.807, 2.05) is 7.05 Å². The molecule has 1 aliphatic rings. The molecule has 1 N–H and O–H groups in total. The summed E-state index contributed by atoms with van der Waals surface area (Å²) in [4.78, 5) is 13.5. The lowest BCUT2D eigenvalue weighted by atomic mass is 10.0. The van der Waals surface area contributed by atoms with E-state index in [1.165, 1.54) is 18.3 Å². The van der Waals surface area contributed by atoms with Gasteiger partial charge in [-0.05, 0) is 81.8 Å². The Morgan fingerprint density at radius 1 is 1.41 bits per heavy atom. The molecular formula is C12H14I2N2O. The van der Waals surface area contributed by atoms with Crippen molar-refractivity contribution in [1.29, 1.82) is 0 Å². The quantitative estimate of drug-likeness (QED) is 0.693. The van der Waals surface area contributed by atoms with Crippen molar-refractivity contribution in [3.05, 3.63) is 30.4 Å². The molecule has 0 aromatic heterocycles. The van der Waals surface area contributed by atoms with Crippen LogP contribution in [0.15, 0.2) is 12.1 Å². The van der Waals surface area contributed by atoms with Gasteiger partial charge in [0, 0.05) is 14.2 Å². The van der Waals surface area contributed by atoms with Gasteiger partial charge in [-0.25, -0.2) is 0 Å². The van der Waals surface area contributed by atoms with Gasteiger partial charge in [-0.2, -0.15) is 0 Å². The summed E-state index contributed by atoms with van der Waals surface area (Å²) in [5.74, 6) is 0.190. The van der Waals surface area contributed by atoms with Crippen molar-refractivity contribution < 1.29 is 4.79 Å². The van der Waals surface area contributed by atoms with Crippen LogP contribution < -0.4 is 5.32 Å². The van der Waals surface area contributed by atoms with Crippen molar-refractivity contribution in [3.8, 4) is 0 Å². The second kappa shape index (κ2) is 5.40. The van der Waals surface area contributed by atoms with Crippen LogP contribution in [0.5, 0.6) is 0 Å². The number of carbonyl (C=O) groups excluding carboxylic acids is 1. The molecule has 1 aromatic rings. The van der Waals surface area contributed by atoms with Gasteiger partial charge in [0.15, 0.2) is 0 Å². The van der Waals surface area contributed by atoms with E-state index >= 15 is 0 Å². The van der Waals surface area contributed by atoms with Crippen molar-refractivity contribution in [1.82, 2.24) is 10.2 Å². The van der Waals surface area contributed by atoms with Crippen LogP contribution in [-0.4, -0.2) is 30.6 Å². The molecule has 1 heterocycles. The summed E-state index contributed by atoms with van der Waals surface area (Å²) in [5, 5.41) is 3.23. The van der Waals surface area contributed by atoms with Crippen LogP contribution >= 0.6 is 45.2 Å². The van der Waals surface area contributed by atoms with E-state index in [1.54, 1.807) is 4.90 Å². The summed E-state index contributed by atoms with van der Waals surface area (Å²) in [5.41, 5.74) is 2.54.